The van der Waals surface area contributed by atoms with Gasteiger partial charge in [-0.25, -0.2) is 0 Å². The summed E-state index contributed by atoms with van der Waals surface area (Å²) in [4.78, 5) is 2.43. The summed E-state index contributed by atoms with van der Waals surface area (Å²) in [5, 5.41) is 3.47. The van der Waals surface area contributed by atoms with Crippen LogP contribution in [0.2, 0.25) is 0 Å². The minimum absolute atomic E-state index is 0.659. The van der Waals surface area contributed by atoms with Crippen LogP contribution in [-0.4, -0.2) is 31.1 Å². The number of hydrogen-bond acceptors (Lipinski definition) is 2. The fourth-order valence-electron chi connectivity index (χ4n) is 2.44. The van der Waals surface area contributed by atoms with Crippen molar-refractivity contribution in [3.63, 3.8) is 0 Å². The average Bonchev–Trinajstić information content (AvgIpc) is 2.38. The van der Waals surface area contributed by atoms with Gasteiger partial charge >= 0.3 is 0 Å². The molecule has 0 radical (unpaired) electrons. The SMILES string of the molecule is CCNC(C)CCCCN(C)Cc1ccccc1C. The van der Waals surface area contributed by atoms with Crippen molar-refractivity contribution < 1.29 is 0 Å². The Labute approximate surface area is 119 Å². The van der Waals surface area contributed by atoms with Crippen LogP contribution in [0, 0.1) is 6.92 Å². The number of hydrogen-bond donors (Lipinski definition) is 1. The molecule has 0 aliphatic heterocycles. The molecule has 1 unspecified atom stereocenters. The molecule has 0 aliphatic carbocycles. The first-order valence-corrected chi connectivity index (χ1v) is 7.60. The molecule has 0 spiro atoms. The first-order chi connectivity index (χ1) is 9.13. The van der Waals surface area contributed by atoms with Gasteiger partial charge in [-0.3, -0.25) is 0 Å². The summed E-state index contributed by atoms with van der Waals surface area (Å²) in [6.45, 7) is 9.98. The van der Waals surface area contributed by atoms with Crippen LogP contribution in [-0.2, 0) is 6.54 Å². The molecule has 1 rings (SSSR count). The summed E-state index contributed by atoms with van der Waals surface area (Å²) in [6.07, 6.45) is 3.89. The summed E-state index contributed by atoms with van der Waals surface area (Å²) in [5.74, 6) is 0. The Kier molecular flexibility index (Phi) is 7.76. The van der Waals surface area contributed by atoms with E-state index in [1.807, 2.05) is 0 Å². The normalized spacial score (nSPS) is 12.9. The zero-order chi connectivity index (χ0) is 14.1. The molecule has 19 heavy (non-hydrogen) atoms. The second kappa shape index (κ2) is 9.11. The highest BCUT2D eigenvalue weighted by molar-refractivity contribution is 5.25. The van der Waals surface area contributed by atoms with E-state index in [0.717, 1.165) is 13.1 Å². The fraction of sp³-hybridized carbons (Fsp3) is 0.647. The largest absolute Gasteiger partial charge is 0.315 e. The van der Waals surface area contributed by atoms with Crippen LogP contribution in [0.3, 0.4) is 0 Å². The maximum Gasteiger partial charge on any atom is 0.0233 e. The van der Waals surface area contributed by atoms with E-state index in [0.29, 0.717) is 6.04 Å². The maximum atomic E-state index is 3.47. The van der Waals surface area contributed by atoms with Crippen LogP contribution in [0.25, 0.3) is 0 Å². The Hall–Kier alpha value is -0.860. The van der Waals surface area contributed by atoms with Crippen LogP contribution in [0.15, 0.2) is 24.3 Å². The first kappa shape index (κ1) is 16.2. The molecule has 0 saturated heterocycles. The van der Waals surface area contributed by atoms with E-state index in [-0.39, 0.29) is 0 Å². The number of benzene rings is 1. The third-order valence-corrected chi connectivity index (χ3v) is 3.68. The van der Waals surface area contributed by atoms with E-state index in [1.165, 1.54) is 36.9 Å². The summed E-state index contributed by atoms with van der Waals surface area (Å²) in [6, 6.07) is 9.34. The van der Waals surface area contributed by atoms with Crippen LogP contribution >= 0.6 is 0 Å². The van der Waals surface area contributed by atoms with Gasteiger partial charge in [-0.15, -0.1) is 0 Å². The van der Waals surface area contributed by atoms with Gasteiger partial charge in [-0.05, 0) is 58.0 Å². The third-order valence-electron chi connectivity index (χ3n) is 3.68. The first-order valence-electron chi connectivity index (χ1n) is 7.60. The van der Waals surface area contributed by atoms with Crippen molar-refractivity contribution in [2.24, 2.45) is 0 Å². The number of unbranched alkanes of at least 4 members (excludes halogenated alkanes) is 1. The highest BCUT2D eigenvalue weighted by Gasteiger charge is 2.03. The van der Waals surface area contributed by atoms with Gasteiger partial charge < -0.3 is 10.2 Å². The van der Waals surface area contributed by atoms with Crippen LogP contribution in [0.1, 0.15) is 44.2 Å². The minimum Gasteiger partial charge on any atom is -0.315 e. The van der Waals surface area contributed by atoms with Crippen molar-refractivity contribution in [3.8, 4) is 0 Å². The van der Waals surface area contributed by atoms with Gasteiger partial charge in [0.25, 0.3) is 0 Å². The van der Waals surface area contributed by atoms with E-state index in [2.05, 4.69) is 62.3 Å². The zero-order valence-electron chi connectivity index (χ0n) is 13.1. The van der Waals surface area contributed by atoms with Crippen molar-refractivity contribution in [2.75, 3.05) is 20.1 Å². The number of nitrogens with one attached hydrogen (secondary N) is 1. The molecule has 0 saturated carbocycles. The molecule has 0 heterocycles. The van der Waals surface area contributed by atoms with E-state index in [1.54, 1.807) is 0 Å². The van der Waals surface area contributed by atoms with Gasteiger partial charge in [0.1, 0.15) is 0 Å². The van der Waals surface area contributed by atoms with Crippen molar-refractivity contribution in [1.82, 2.24) is 10.2 Å². The highest BCUT2D eigenvalue weighted by atomic mass is 15.1. The molecule has 2 nitrogen and oxygen atoms in total. The minimum atomic E-state index is 0.659. The number of nitrogens with zero attached hydrogens (tertiary/aromatic N) is 1. The fourth-order valence-corrected chi connectivity index (χ4v) is 2.44. The summed E-state index contributed by atoms with van der Waals surface area (Å²) < 4.78 is 0. The second-order valence-electron chi connectivity index (χ2n) is 5.62. The lowest BCUT2D eigenvalue weighted by Crippen LogP contribution is -2.26. The van der Waals surface area contributed by atoms with Gasteiger partial charge in [0.2, 0.25) is 0 Å². The summed E-state index contributed by atoms with van der Waals surface area (Å²) >= 11 is 0. The molecular formula is C17H30N2. The van der Waals surface area contributed by atoms with Gasteiger partial charge in [0.05, 0.1) is 0 Å². The predicted octanol–water partition coefficient (Wildman–Crippen LogP) is 3.60. The van der Waals surface area contributed by atoms with E-state index in [4.69, 9.17) is 0 Å². The van der Waals surface area contributed by atoms with E-state index >= 15 is 0 Å². The Balaban J connectivity index is 2.18. The maximum absolute atomic E-state index is 3.47. The molecule has 0 aromatic heterocycles. The van der Waals surface area contributed by atoms with Crippen LogP contribution in [0.5, 0.6) is 0 Å². The average molecular weight is 262 g/mol. The van der Waals surface area contributed by atoms with Crippen LogP contribution < -0.4 is 5.32 Å². The Morgan fingerprint density at radius 2 is 1.95 bits per heavy atom. The molecule has 2 heteroatoms. The molecule has 0 amide bonds. The van der Waals surface area contributed by atoms with Gasteiger partial charge in [-0.1, -0.05) is 37.6 Å². The molecular weight excluding hydrogens is 232 g/mol. The molecule has 0 fully saturated rings. The van der Waals surface area contributed by atoms with Gasteiger partial charge in [-0.2, -0.15) is 0 Å². The molecule has 0 bridgehead atoms. The lowest BCUT2D eigenvalue weighted by molar-refractivity contribution is 0.313. The lowest BCUT2D eigenvalue weighted by atomic mass is 10.1. The Bertz CT molecular complexity index is 349. The highest BCUT2D eigenvalue weighted by Crippen LogP contribution is 2.10. The topological polar surface area (TPSA) is 15.3 Å². The van der Waals surface area contributed by atoms with Crippen molar-refractivity contribution in [1.29, 1.82) is 0 Å². The smallest absolute Gasteiger partial charge is 0.0233 e. The Morgan fingerprint density at radius 1 is 1.21 bits per heavy atom. The molecule has 1 atom stereocenters. The number of rotatable bonds is 9. The molecule has 108 valence electrons. The van der Waals surface area contributed by atoms with Crippen LogP contribution in [0.4, 0.5) is 0 Å². The van der Waals surface area contributed by atoms with Crippen molar-refractivity contribution >= 4 is 0 Å². The second-order valence-corrected chi connectivity index (χ2v) is 5.62. The summed E-state index contributed by atoms with van der Waals surface area (Å²) in [7, 11) is 2.22. The summed E-state index contributed by atoms with van der Waals surface area (Å²) in [5.41, 5.74) is 2.85. The standard InChI is InChI=1S/C17H30N2/c1-5-18-16(3)11-8-9-13-19(4)14-17-12-7-6-10-15(17)2/h6-7,10,12,16,18H,5,8-9,11,13-14H2,1-4H3. The van der Waals surface area contributed by atoms with Crippen molar-refractivity contribution in [2.45, 2.75) is 52.6 Å². The van der Waals surface area contributed by atoms with Gasteiger partial charge in [0, 0.05) is 12.6 Å². The quantitative estimate of drug-likeness (QED) is 0.684. The number of aryl methyl sites for hydroxylation is 1. The third kappa shape index (κ3) is 6.74. The van der Waals surface area contributed by atoms with Gasteiger partial charge in [0.15, 0.2) is 0 Å². The molecule has 1 N–H and O–H groups in total. The van der Waals surface area contributed by atoms with E-state index in [9.17, 15) is 0 Å². The lowest BCUT2D eigenvalue weighted by Gasteiger charge is -2.18. The monoisotopic (exact) mass is 262 g/mol. The Morgan fingerprint density at radius 3 is 2.63 bits per heavy atom. The van der Waals surface area contributed by atoms with Crippen molar-refractivity contribution in [3.05, 3.63) is 35.4 Å². The molecule has 1 aromatic carbocycles. The molecule has 0 aliphatic rings. The predicted molar refractivity (Wildman–Crippen MR) is 84.5 cm³/mol. The molecule has 1 aromatic rings. The van der Waals surface area contributed by atoms with E-state index < -0.39 is 0 Å². The zero-order valence-corrected chi connectivity index (χ0v) is 13.1.